The molecule has 0 spiro atoms. The molecule has 0 radical (unpaired) electrons. The fraction of sp³-hybridized carbons (Fsp3) is 0.400. The summed E-state index contributed by atoms with van der Waals surface area (Å²) in [6.45, 7) is 5.95. The molecule has 0 aliphatic carbocycles. The van der Waals surface area contributed by atoms with E-state index < -0.39 is 0 Å². The van der Waals surface area contributed by atoms with Gasteiger partial charge in [-0.3, -0.25) is 5.41 Å². The maximum Gasteiger partial charge on any atom is 0.186 e. The maximum atomic E-state index is 14.4. The number of anilines is 2. The van der Waals surface area contributed by atoms with Crippen molar-refractivity contribution in [2.24, 2.45) is 5.73 Å². The molecule has 1 saturated heterocycles. The summed E-state index contributed by atoms with van der Waals surface area (Å²) in [6, 6.07) is 4.88. The van der Waals surface area contributed by atoms with Crippen molar-refractivity contribution in [1.82, 2.24) is 5.32 Å². The lowest BCUT2D eigenvalue weighted by atomic mass is 10.2. The van der Waals surface area contributed by atoms with Gasteiger partial charge in [-0.25, -0.2) is 4.39 Å². The molecule has 4 N–H and O–H groups in total. The summed E-state index contributed by atoms with van der Waals surface area (Å²) in [5.74, 6) is 0.0859. The highest BCUT2D eigenvalue weighted by molar-refractivity contribution is 5.78. The Morgan fingerprint density at radius 3 is 2.95 bits per heavy atom. The summed E-state index contributed by atoms with van der Waals surface area (Å²) >= 11 is 0. The van der Waals surface area contributed by atoms with Crippen molar-refractivity contribution in [2.45, 2.75) is 6.10 Å². The van der Waals surface area contributed by atoms with Gasteiger partial charge in [0, 0.05) is 25.3 Å². The van der Waals surface area contributed by atoms with Crippen LogP contribution in [0.25, 0.3) is 0 Å². The van der Waals surface area contributed by atoms with Crippen LogP contribution in [0.1, 0.15) is 0 Å². The van der Waals surface area contributed by atoms with Crippen molar-refractivity contribution in [3.63, 3.8) is 0 Å². The zero-order valence-electron chi connectivity index (χ0n) is 12.7. The van der Waals surface area contributed by atoms with Crippen LogP contribution in [0.15, 0.2) is 30.7 Å². The third-order valence-electron chi connectivity index (χ3n) is 3.56. The van der Waals surface area contributed by atoms with Gasteiger partial charge in [0.2, 0.25) is 0 Å². The molecule has 1 aliphatic rings. The largest absolute Gasteiger partial charge is 0.473 e. The third-order valence-corrected chi connectivity index (χ3v) is 3.56. The summed E-state index contributed by atoms with van der Waals surface area (Å²) in [4.78, 5) is 3.35. The van der Waals surface area contributed by atoms with Gasteiger partial charge in [-0.2, -0.15) is 0 Å². The van der Waals surface area contributed by atoms with Gasteiger partial charge in [0.1, 0.15) is 11.9 Å². The van der Waals surface area contributed by atoms with Gasteiger partial charge < -0.3 is 25.6 Å². The fourth-order valence-electron chi connectivity index (χ4n) is 2.35. The number of nitrogens with zero attached hydrogens (tertiary/aromatic N) is 2. The van der Waals surface area contributed by atoms with E-state index in [9.17, 15) is 4.39 Å². The molecular formula is C15H22FN5O. The van der Waals surface area contributed by atoms with Gasteiger partial charge in [-0.1, -0.05) is 0 Å². The molecule has 120 valence electrons. The Labute approximate surface area is 129 Å². The van der Waals surface area contributed by atoms with Crippen LogP contribution >= 0.6 is 0 Å². The fourth-order valence-corrected chi connectivity index (χ4v) is 2.35. The van der Waals surface area contributed by atoms with E-state index in [1.165, 1.54) is 6.07 Å². The summed E-state index contributed by atoms with van der Waals surface area (Å²) in [6.07, 6.45) is 1.00. The van der Waals surface area contributed by atoms with Gasteiger partial charge in [0.25, 0.3) is 0 Å². The summed E-state index contributed by atoms with van der Waals surface area (Å²) in [7, 11) is 1.81. The molecule has 2 rings (SSSR count). The highest BCUT2D eigenvalue weighted by atomic mass is 19.1. The Kier molecular flexibility index (Phi) is 5.35. The molecule has 0 saturated carbocycles. The topological polar surface area (TPSA) is 77.6 Å². The van der Waals surface area contributed by atoms with E-state index >= 15 is 0 Å². The first-order chi connectivity index (χ1) is 10.6. The Hall–Kier alpha value is -2.12. The van der Waals surface area contributed by atoms with Crippen LogP contribution in [0.4, 0.5) is 15.8 Å². The van der Waals surface area contributed by atoms with Crippen LogP contribution in [0.2, 0.25) is 0 Å². The molecule has 1 aromatic rings. The smallest absolute Gasteiger partial charge is 0.186 e. The number of hydrogen-bond acceptors (Lipinski definition) is 5. The number of nitrogens with two attached hydrogens (primary N) is 1. The van der Waals surface area contributed by atoms with Gasteiger partial charge in [-0.05, 0) is 31.8 Å². The van der Waals surface area contributed by atoms with E-state index in [0.717, 1.165) is 6.34 Å². The van der Waals surface area contributed by atoms with Gasteiger partial charge in [-0.15, -0.1) is 0 Å². The van der Waals surface area contributed by atoms with Gasteiger partial charge in [0.05, 0.1) is 18.6 Å². The molecule has 1 aliphatic heterocycles. The zero-order valence-corrected chi connectivity index (χ0v) is 12.7. The second kappa shape index (κ2) is 7.24. The lowest BCUT2D eigenvalue weighted by Gasteiger charge is -2.22. The van der Waals surface area contributed by atoms with E-state index in [-0.39, 0.29) is 11.9 Å². The van der Waals surface area contributed by atoms with Crippen molar-refractivity contribution in [3.8, 4) is 0 Å². The minimum absolute atomic E-state index is 0.121. The first-order valence-corrected chi connectivity index (χ1v) is 7.15. The SMILES string of the molecule is C=C1O[C@@H](CN)CN1c1ccc(N(C=N)CCNC)c(F)c1. The molecular weight excluding hydrogens is 285 g/mol. The number of ether oxygens (including phenoxy) is 1. The van der Waals surface area contributed by atoms with E-state index in [1.54, 1.807) is 21.9 Å². The highest BCUT2D eigenvalue weighted by Crippen LogP contribution is 2.29. The summed E-state index contributed by atoms with van der Waals surface area (Å²) in [5.41, 5.74) is 6.63. The van der Waals surface area contributed by atoms with Crippen molar-refractivity contribution < 1.29 is 9.13 Å². The second-order valence-corrected chi connectivity index (χ2v) is 5.04. The first-order valence-electron chi connectivity index (χ1n) is 7.15. The van der Waals surface area contributed by atoms with Crippen LogP contribution in [0, 0.1) is 11.2 Å². The molecule has 7 heteroatoms. The summed E-state index contributed by atoms with van der Waals surface area (Å²) in [5, 5.41) is 10.4. The van der Waals surface area contributed by atoms with Crippen LogP contribution in [-0.4, -0.2) is 45.7 Å². The number of rotatable bonds is 7. The molecule has 22 heavy (non-hydrogen) atoms. The third kappa shape index (κ3) is 3.37. The average molecular weight is 307 g/mol. The van der Waals surface area contributed by atoms with E-state index in [1.807, 2.05) is 7.05 Å². The molecule has 1 aromatic carbocycles. The molecule has 1 atom stereocenters. The standard InChI is InChI=1S/C15H22FN5O/c1-11-21(9-13(8-17)22-11)12-3-4-15(14(16)7-12)20(10-18)6-5-19-2/h3-4,7,10,13,18-19H,1,5-6,8-9,17H2,2H3/t13-/m0/s1. The van der Waals surface area contributed by atoms with Gasteiger partial charge in [0.15, 0.2) is 5.88 Å². The van der Waals surface area contributed by atoms with Gasteiger partial charge >= 0.3 is 0 Å². The molecule has 6 nitrogen and oxygen atoms in total. The number of nitrogens with one attached hydrogen (secondary N) is 2. The minimum atomic E-state index is -0.388. The Balaban J connectivity index is 2.19. The predicted octanol–water partition coefficient (Wildman–Crippen LogP) is 1.09. The molecule has 0 unspecified atom stereocenters. The lowest BCUT2D eigenvalue weighted by Crippen LogP contribution is -2.30. The molecule has 1 fully saturated rings. The lowest BCUT2D eigenvalue weighted by molar-refractivity contribution is 0.176. The second-order valence-electron chi connectivity index (χ2n) is 5.04. The van der Waals surface area contributed by atoms with Crippen LogP contribution < -0.4 is 20.9 Å². The van der Waals surface area contributed by atoms with Crippen molar-refractivity contribution in [2.75, 3.05) is 43.0 Å². The van der Waals surface area contributed by atoms with E-state index in [4.69, 9.17) is 15.9 Å². The highest BCUT2D eigenvalue weighted by Gasteiger charge is 2.27. The predicted molar refractivity (Wildman–Crippen MR) is 86.9 cm³/mol. The van der Waals surface area contributed by atoms with Crippen molar-refractivity contribution in [1.29, 1.82) is 5.41 Å². The van der Waals surface area contributed by atoms with Crippen LogP contribution in [-0.2, 0) is 4.74 Å². The Morgan fingerprint density at radius 1 is 1.64 bits per heavy atom. The van der Waals surface area contributed by atoms with Crippen molar-refractivity contribution >= 4 is 17.7 Å². The normalized spacial score (nSPS) is 17.5. The van der Waals surface area contributed by atoms with E-state index in [0.29, 0.717) is 43.4 Å². The number of benzene rings is 1. The van der Waals surface area contributed by atoms with E-state index in [2.05, 4.69) is 11.9 Å². The first kappa shape index (κ1) is 16.3. The van der Waals surface area contributed by atoms with Crippen molar-refractivity contribution in [3.05, 3.63) is 36.5 Å². The number of hydrogen-bond donors (Lipinski definition) is 3. The number of halogens is 1. The minimum Gasteiger partial charge on any atom is -0.473 e. The monoisotopic (exact) mass is 307 g/mol. The average Bonchev–Trinajstić information content (AvgIpc) is 2.90. The Bertz CT molecular complexity index is 551. The maximum absolute atomic E-state index is 14.4. The Morgan fingerprint density at radius 2 is 2.41 bits per heavy atom. The molecule has 0 aromatic heterocycles. The molecule has 0 bridgehead atoms. The zero-order chi connectivity index (χ0) is 16.1. The van der Waals surface area contributed by atoms with Crippen LogP contribution in [0.3, 0.4) is 0 Å². The summed E-state index contributed by atoms with van der Waals surface area (Å²) < 4.78 is 19.9. The number of likely N-dealkylation sites (N-methyl/N-ethyl adjacent to an activating group) is 1. The molecule has 1 heterocycles. The quantitative estimate of drug-likeness (QED) is 0.519. The molecule has 0 amide bonds. The van der Waals surface area contributed by atoms with Crippen LogP contribution in [0.5, 0.6) is 0 Å².